The summed E-state index contributed by atoms with van der Waals surface area (Å²) in [5, 5.41) is 17.4. The lowest BCUT2D eigenvalue weighted by molar-refractivity contribution is 0.514. The predicted molar refractivity (Wildman–Crippen MR) is 63.0 cm³/mol. The molecule has 0 spiro atoms. The highest BCUT2D eigenvalue weighted by Crippen LogP contribution is 2.21. The van der Waals surface area contributed by atoms with Crippen LogP contribution in [0.1, 0.15) is 30.1 Å². The standard InChI is InChI=1S/C10H15N5S/c1-3-8(9-5-4-6-16-9)11-7-10-12-14-15(2)13-10/h4-6,8,11H,3,7H2,1-2H3. The summed E-state index contributed by atoms with van der Waals surface area (Å²) < 4.78 is 0. The Balaban J connectivity index is 1.93. The van der Waals surface area contributed by atoms with Gasteiger partial charge in [0.15, 0.2) is 5.82 Å². The van der Waals surface area contributed by atoms with Crippen molar-refractivity contribution in [2.45, 2.75) is 25.9 Å². The third kappa shape index (κ3) is 2.65. The molecule has 0 saturated heterocycles. The van der Waals surface area contributed by atoms with Crippen molar-refractivity contribution in [3.05, 3.63) is 28.2 Å². The van der Waals surface area contributed by atoms with Gasteiger partial charge in [0, 0.05) is 10.9 Å². The number of thiophene rings is 1. The Hall–Kier alpha value is -1.27. The molecule has 0 aliphatic heterocycles. The molecule has 0 aliphatic carbocycles. The van der Waals surface area contributed by atoms with E-state index < -0.39 is 0 Å². The third-order valence-electron chi connectivity index (χ3n) is 2.35. The Kier molecular flexibility index (Phi) is 3.63. The van der Waals surface area contributed by atoms with Gasteiger partial charge >= 0.3 is 0 Å². The summed E-state index contributed by atoms with van der Waals surface area (Å²) in [6, 6.07) is 4.60. The van der Waals surface area contributed by atoms with Crippen molar-refractivity contribution < 1.29 is 0 Å². The van der Waals surface area contributed by atoms with Crippen LogP contribution in [0.25, 0.3) is 0 Å². The summed E-state index contributed by atoms with van der Waals surface area (Å²) in [6.07, 6.45) is 1.06. The number of tetrazole rings is 1. The highest BCUT2D eigenvalue weighted by molar-refractivity contribution is 7.10. The van der Waals surface area contributed by atoms with Crippen LogP contribution in [0.2, 0.25) is 0 Å². The van der Waals surface area contributed by atoms with Crippen LogP contribution in [0.15, 0.2) is 17.5 Å². The lowest BCUT2D eigenvalue weighted by Crippen LogP contribution is -2.20. The monoisotopic (exact) mass is 237 g/mol. The second kappa shape index (κ2) is 5.18. The van der Waals surface area contributed by atoms with Gasteiger partial charge in [0.05, 0.1) is 13.6 Å². The minimum Gasteiger partial charge on any atom is -0.302 e. The van der Waals surface area contributed by atoms with Gasteiger partial charge in [0.2, 0.25) is 0 Å². The molecular formula is C10H15N5S. The molecule has 5 nitrogen and oxygen atoms in total. The van der Waals surface area contributed by atoms with E-state index in [9.17, 15) is 0 Å². The molecule has 86 valence electrons. The Labute approximate surface area is 98.5 Å². The molecule has 1 N–H and O–H groups in total. The first-order valence-electron chi connectivity index (χ1n) is 5.29. The number of aryl methyl sites for hydroxylation is 1. The van der Waals surface area contributed by atoms with Gasteiger partial charge in [-0.05, 0) is 23.1 Å². The molecule has 0 fully saturated rings. The predicted octanol–water partition coefficient (Wildman–Crippen LogP) is 1.51. The molecule has 2 rings (SSSR count). The average Bonchev–Trinajstić information content (AvgIpc) is 2.91. The summed E-state index contributed by atoms with van der Waals surface area (Å²) in [5.41, 5.74) is 0. The van der Waals surface area contributed by atoms with Gasteiger partial charge in [-0.2, -0.15) is 4.80 Å². The maximum absolute atomic E-state index is 4.13. The van der Waals surface area contributed by atoms with E-state index >= 15 is 0 Å². The largest absolute Gasteiger partial charge is 0.302 e. The van der Waals surface area contributed by atoms with Crippen LogP contribution in [0.3, 0.4) is 0 Å². The van der Waals surface area contributed by atoms with Crippen LogP contribution in [0.5, 0.6) is 0 Å². The van der Waals surface area contributed by atoms with Crippen molar-refractivity contribution in [3.63, 3.8) is 0 Å². The van der Waals surface area contributed by atoms with Gasteiger partial charge in [-0.25, -0.2) is 0 Å². The van der Waals surface area contributed by atoms with Crippen LogP contribution in [-0.4, -0.2) is 20.2 Å². The first-order valence-corrected chi connectivity index (χ1v) is 6.17. The van der Waals surface area contributed by atoms with Gasteiger partial charge in [-0.3, -0.25) is 0 Å². The maximum atomic E-state index is 4.13. The van der Waals surface area contributed by atoms with E-state index in [0.717, 1.165) is 12.2 Å². The summed E-state index contributed by atoms with van der Waals surface area (Å²) in [4.78, 5) is 2.83. The van der Waals surface area contributed by atoms with Gasteiger partial charge in [0.1, 0.15) is 0 Å². The highest BCUT2D eigenvalue weighted by Gasteiger charge is 2.10. The second-order valence-electron chi connectivity index (χ2n) is 3.55. The summed E-state index contributed by atoms with van der Waals surface area (Å²) in [6.45, 7) is 2.83. The number of rotatable bonds is 5. The minimum atomic E-state index is 0.379. The molecular weight excluding hydrogens is 222 g/mol. The van der Waals surface area contributed by atoms with E-state index in [4.69, 9.17) is 0 Å². The van der Waals surface area contributed by atoms with E-state index in [1.165, 1.54) is 9.67 Å². The molecule has 1 unspecified atom stereocenters. The van der Waals surface area contributed by atoms with Crippen molar-refractivity contribution in [1.29, 1.82) is 0 Å². The number of hydrogen-bond donors (Lipinski definition) is 1. The van der Waals surface area contributed by atoms with E-state index in [1.54, 1.807) is 18.4 Å². The number of aromatic nitrogens is 4. The lowest BCUT2D eigenvalue weighted by Gasteiger charge is -2.13. The fourth-order valence-electron chi connectivity index (χ4n) is 1.54. The first-order chi connectivity index (χ1) is 7.79. The molecule has 6 heteroatoms. The van der Waals surface area contributed by atoms with Gasteiger partial charge in [0.25, 0.3) is 0 Å². The molecule has 0 aromatic carbocycles. The number of nitrogens with zero attached hydrogens (tertiary/aromatic N) is 4. The van der Waals surface area contributed by atoms with Crippen LogP contribution in [0, 0.1) is 0 Å². The molecule has 1 atom stereocenters. The Bertz CT molecular complexity index is 422. The van der Waals surface area contributed by atoms with E-state index in [0.29, 0.717) is 12.6 Å². The molecule has 0 aliphatic rings. The summed E-state index contributed by atoms with van der Waals surface area (Å²) >= 11 is 1.77. The molecule has 0 saturated carbocycles. The first kappa shape index (κ1) is 11.2. The van der Waals surface area contributed by atoms with Crippen molar-refractivity contribution in [1.82, 2.24) is 25.5 Å². The Morgan fingerprint density at radius 1 is 1.56 bits per heavy atom. The van der Waals surface area contributed by atoms with Crippen molar-refractivity contribution in [2.75, 3.05) is 0 Å². The molecule has 0 radical (unpaired) electrons. The third-order valence-corrected chi connectivity index (χ3v) is 3.34. The zero-order chi connectivity index (χ0) is 11.4. The smallest absolute Gasteiger partial charge is 0.188 e. The van der Waals surface area contributed by atoms with E-state index in [1.807, 2.05) is 0 Å². The Morgan fingerprint density at radius 3 is 3.00 bits per heavy atom. The van der Waals surface area contributed by atoms with Crippen LogP contribution < -0.4 is 5.32 Å². The van der Waals surface area contributed by atoms with Crippen molar-refractivity contribution >= 4 is 11.3 Å². The molecule has 0 amide bonds. The van der Waals surface area contributed by atoms with Crippen LogP contribution in [0.4, 0.5) is 0 Å². The van der Waals surface area contributed by atoms with E-state index in [-0.39, 0.29) is 0 Å². The molecule has 2 aromatic heterocycles. The molecule has 0 bridgehead atoms. The molecule has 2 heterocycles. The van der Waals surface area contributed by atoms with Gasteiger partial charge in [-0.15, -0.1) is 21.5 Å². The molecule has 16 heavy (non-hydrogen) atoms. The van der Waals surface area contributed by atoms with Gasteiger partial charge < -0.3 is 5.32 Å². The average molecular weight is 237 g/mol. The summed E-state index contributed by atoms with van der Waals surface area (Å²) in [7, 11) is 1.77. The number of nitrogens with one attached hydrogen (secondary N) is 1. The second-order valence-corrected chi connectivity index (χ2v) is 4.53. The van der Waals surface area contributed by atoms with E-state index in [2.05, 4.69) is 45.2 Å². The highest BCUT2D eigenvalue weighted by atomic mass is 32.1. The lowest BCUT2D eigenvalue weighted by atomic mass is 10.2. The van der Waals surface area contributed by atoms with Crippen LogP contribution in [-0.2, 0) is 13.6 Å². The van der Waals surface area contributed by atoms with Gasteiger partial charge in [-0.1, -0.05) is 13.0 Å². The quantitative estimate of drug-likeness (QED) is 0.856. The zero-order valence-electron chi connectivity index (χ0n) is 9.42. The number of hydrogen-bond acceptors (Lipinski definition) is 5. The maximum Gasteiger partial charge on any atom is 0.188 e. The SMILES string of the molecule is CCC(NCc1nnn(C)n1)c1cccs1. The molecule has 2 aromatic rings. The fraction of sp³-hybridized carbons (Fsp3) is 0.500. The van der Waals surface area contributed by atoms with Crippen molar-refractivity contribution in [2.24, 2.45) is 7.05 Å². The topological polar surface area (TPSA) is 55.6 Å². The Morgan fingerprint density at radius 2 is 2.44 bits per heavy atom. The minimum absolute atomic E-state index is 0.379. The zero-order valence-corrected chi connectivity index (χ0v) is 10.2. The summed E-state index contributed by atoms with van der Waals surface area (Å²) in [5.74, 6) is 0.734. The van der Waals surface area contributed by atoms with Crippen molar-refractivity contribution in [3.8, 4) is 0 Å². The normalized spacial score (nSPS) is 12.9. The fourth-order valence-corrected chi connectivity index (χ4v) is 2.43. The van der Waals surface area contributed by atoms with Crippen LogP contribution >= 0.6 is 11.3 Å².